The largest absolute Gasteiger partial charge is 0.399 e. The van der Waals surface area contributed by atoms with Crippen LogP contribution >= 0.6 is 0 Å². The van der Waals surface area contributed by atoms with E-state index in [1.54, 1.807) is 0 Å². The lowest BCUT2D eigenvalue weighted by Crippen LogP contribution is -2.47. The van der Waals surface area contributed by atoms with E-state index in [4.69, 9.17) is 5.73 Å². The van der Waals surface area contributed by atoms with Crippen LogP contribution in [0.25, 0.3) is 0 Å². The molecule has 0 atom stereocenters. The van der Waals surface area contributed by atoms with Crippen LogP contribution < -0.4 is 10.6 Å². The van der Waals surface area contributed by atoms with Gasteiger partial charge in [-0.25, -0.2) is 0 Å². The summed E-state index contributed by atoms with van der Waals surface area (Å²) in [7, 11) is 0. The van der Waals surface area contributed by atoms with Crippen molar-refractivity contribution in [3.63, 3.8) is 0 Å². The normalized spacial score (nSPS) is 21.8. The SMILES string of the molecule is Cc1cc(N)cc(N2CCN(C3CC3)CC2)c1. The highest BCUT2D eigenvalue weighted by Gasteiger charge is 2.31. The van der Waals surface area contributed by atoms with Crippen LogP contribution in [0.5, 0.6) is 0 Å². The molecule has 17 heavy (non-hydrogen) atoms. The second-order valence-corrected chi connectivity index (χ2v) is 5.36. The van der Waals surface area contributed by atoms with Crippen LogP contribution in [0.4, 0.5) is 11.4 Å². The van der Waals surface area contributed by atoms with Crippen molar-refractivity contribution >= 4 is 11.4 Å². The highest BCUT2D eigenvalue weighted by molar-refractivity contribution is 5.58. The molecule has 0 aromatic heterocycles. The third kappa shape index (κ3) is 2.39. The van der Waals surface area contributed by atoms with Crippen LogP contribution in [-0.2, 0) is 0 Å². The van der Waals surface area contributed by atoms with Gasteiger partial charge in [0.2, 0.25) is 0 Å². The van der Waals surface area contributed by atoms with Gasteiger partial charge in [-0.2, -0.15) is 0 Å². The van der Waals surface area contributed by atoms with Crippen molar-refractivity contribution in [1.82, 2.24) is 4.90 Å². The molecule has 2 N–H and O–H groups in total. The van der Waals surface area contributed by atoms with Crippen molar-refractivity contribution in [1.29, 1.82) is 0 Å². The predicted molar refractivity (Wildman–Crippen MR) is 72.4 cm³/mol. The standard InChI is InChI=1S/C14H21N3/c1-11-8-12(15)10-14(9-11)17-6-4-16(5-7-17)13-2-3-13/h8-10,13H,2-7,15H2,1H3. The number of hydrogen-bond acceptors (Lipinski definition) is 3. The van der Waals surface area contributed by atoms with Gasteiger partial charge >= 0.3 is 0 Å². The first-order chi connectivity index (χ1) is 8.22. The number of benzene rings is 1. The molecule has 0 spiro atoms. The first kappa shape index (κ1) is 10.9. The van der Waals surface area contributed by atoms with Crippen molar-refractivity contribution < 1.29 is 0 Å². The molecule has 92 valence electrons. The predicted octanol–water partition coefficient (Wildman–Crippen LogP) is 1.86. The fraction of sp³-hybridized carbons (Fsp3) is 0.571. The fourth-order valence-corrected chi connectivity index (χ4v) is 2.76. The highest BCUT2D eigenvalue weighted by Crippen LogP contribution is 2.29. The molecule has 1 heterocycles. The maximum atomic E-state index is 5.91. The maximum absolute atomic E-state index is 5.91. The lowest BCUT2D eigenvalue weighted by molar-refractivity contribution is 0.248. The van der Waals surface area contributed by atoms with E-state index in [1.807, 2.05) is 6.07 Å². The highest BCUT2D eigenvalue weighted by atomic mass is 15.3. The summed E-state index contributed by atoms with van der Waals surface area (Å²) in [5.74, 6) is 0. The van der Waals surface area contributed by atoms with Crippen molar-refractivity contribution in [2.45, 2.75) is 25.8 Å². The van der Waals surface area contributed by atoms with Gasteiger partial charge in [0.15, 0.2) is 0 Å². The quantitative estimate of drug-likeness (QED) is 0.789. The molecule has 3 heteroatoms. The van der Waals surface area contributed by atoms with E-state index in [-0.39, 0.29) is 0 Å². The molecule has 0 radical (unpaired) electrons. The van der Waals surface area contributed by atoms with E-state index in [1.165, 1.54) is 37.2 Å². The third-order valence-corrected chi connectivity index (χ3v) is 3.83. The van der Waals surface area contributed by atoms with Gasteiger partial charge in [0.1, 0.15) is 0 Å². The van der Waals surface area contributed by atoms with E-state index in [0.717, 1.165) is 24.8 Å². The van der Waals surface area contributed by atoms with Crippen molar-refractivity contribution in [2.24, 2.45) is 0 Å². The Morgan fingerprint density at radius 3 is 2.35 bits per heavy atom. The summed E-state index contributed by atoms with van der Waals surface area (Å²) in [6.45, 7) is 6.80. The molecule has 3 rings (SSSR count). The number of hydrogen-bond donors (Lipinski definition) is 1. The monoisotopic (exact) mass is 231 g/mol. The number of nitrogens with two attached hydrogens (primary N) is 1. The Kier molecular flexibility index (Phi) is 2.71. The lowest BCUT2D eigenvalue weighted by Gasteiger charge is -2.36. The molecule has 1 aliphatic carbocycles. The van der Waals surface area contributed by atoms with Crippen molar-refractivity contribution in [3.8, 4) is 0 Å². The van der Waals surface area contributed by atoms with Crippen LogP contribution in [-0.4, -0.2) is 37.1 Å². The zero-order chi connectivity index (χ0) is 11.8. The molecule has 2 fully saturated rings. The zero-order valence-corrected chi connectivity index (χ0v) is 10.5. The number of piperazine rings is 1. The number of nitrogens with zero attached hydrogens (tertiary/aromatic N) is 2. The first-order valence-corrected chi connectivity index (χ1v) is 6.58. The Morgan fingerprint density at radius 1 is 1.06 bits per heavy atom. The molecule has 1 saturated carbocycles. The smallest absolute Gasteiger partial charge is 0.0390 e. The minimum absolute atomic E-state index is 0.879. The summed E-state index contributed by atoms with van der Waals surface area (Å²) >= 11 is 0. The van der Waals surface area contributed by atoms with Crippen LogP contribution in [0.15, 0.2) is 18.2 Å². The Bertz CT molecular complexity index is 384. The van der Waals surface area contributed by atoms with Gasteiger partial charge in [-0.05, 0) is 43.5 Å². The number of aryl methyl sites for hydroxylation is 1. The lowest BCUT2D eigenvalue weighted by atomic mass is 10.1. The van der Waals surface area contributed by atoms with Crippen LogP contribution in [0, 0.1) is 6.92 Å². The maximum Gasteiger partial charge on any atom is 0.0390 e. The first-order valence-electron chi connectivity index (χ1n) is 6.58. The average molecular weight is 231 g/mol. The molecule has 0 bridgehead atoms. The molecule has 0 unspecified atom stereocenters. The van der Waals surface area contributed by atoms with Gasteiger partial charge in [0.25, 0.3) is 0 Å². The Labute approximate surface area is 103 Å². The molecule has 2 aliphatic rings. The summed E-state index contributed by atoms with van der Waals surface area (Å²) < 4.78 is 0. The number of nitrogen functional groups attached to an aromatic ring is 1. The van der Waals surface area contributed by atoms with E-state index in [2.05, 4.69) is 28.9 Å². The molecule has 1 aliphatic heterocycles. The molecule has 1 aromatic rings. The van der Waals surface area contributed by atoms with Crippen molar-refractivity contribution in [2.75, 3.05) is 36.8 Å². The Balaban J connectivity index is 1.68. The summed E-state index contributed by atoms with van der Waals surface area (Å²) in [6.07, 6.45) is 2.83. The van der Waals surface area contributed by atoms with Crippen LogP contribution in [0.1, 0.15) is 18.4 Å². The zero-order valence-electron chi connectivity index (χ0n) is 10.5. The molecule has 0 amide bonds. The topological polar surface area (TPSA) is 32.5 Å². The second-order valence-electron chi connectivity index (χ2n) is 5.36. The van der Waals surface area contributed by atoms with Crippen LogP contribution in [0.2, 0.25) is 0 Å². The minimum Gasteiger partial charge on any atom is -0.399 e. The van der Waals surface area contributed by atoms with E-state index in [0.29, 0.717) is 0 Å². The fourth-order valence-electron chi connectivity index (χ4n) is 2.76. The van der Waals surface area contributed by atoms with E-state index >= 15 is 0 Å². The molecular formula is C14H21N3. The Morgan fingerprint density at radius 2 is 1.76 bits per heavy atom. The van der Waals surface area contributed by atoms with Gasteiger partial charge in [-0.3, -0.25) is 4.90 Å². The molecular weight excluding hydrogens is 210 g/mol. The minimum atomic E-state index is 0.879. The summed E-state index contributed by atoms with van der Waals surface area (Å²) in [4.78, 5) is 5.10. The average Bonchev–Trinajstić information content (AvgIpc) is 3.12. The van der Waals surface area contributed by atoms with Gasteiger partial charge < -0.3 is 10.6 Å². The van der Waals surface area contributed by atoms with Crippen molar-refractivity contribution in [3.05, 3.63) is 23.8 Å². The summed E-state index contributed by atoms with van der Waals surface area (Å²) in [5, 5.41) is 0. The van der Waals surface area contributed by atoms with Gasteiger partial charge in [0, 0.05) is 43.6 Å². The Hall–Kier alpha value is -1.22. The second kappa shape index (κ2) is 4.22. The molecule has 1 saturated heterocycles. The summed E-state index contributed by atoms with van der Waals surface area (Å²) in [6, 6.07) is 7.27. The van der Waals surface area contributed by atoms with Gasteiger partial charge in [0.05, 0.1) is 0 Å². The molecule has 3 nitrogen and oxygen atoms in total. The molecule has 1 aromatic carbocycles. The number of rotatable bonds is 2. The van der Waals surface area contributed by atoms with Crippen LogP contribution in [0.3, 0.4) is 0 Å². The summed E-state index contributed by atoms with van der Waals surface area (Å²) in [5.41, 5.74) is 9.34. The van der Waals surface area contributed by atoms with E-state index in [9.17, 15) is 0 Å². The van der Waals surface area contributed by atoms with Gasteiger partial charge in [-0.1, -0.05) is 0 Å². The van der Waals surface area contributed by atoms with Gasteiger partial charge in [-0.15, -0.1) is 0 Å². The van der Waals surface area contributed by atoms with E-state index < -0.39 is 0 Å². The third-order valence-electron chi connectivity index (χ3n) is 3.83. The number of anilines is 2.